The van der Waals surface area contributed by atoms with Gasteiger partial charge in [0, 0.05) is 5.41 Å². The third-order valence-electron chi connectivity index (χ3n) is 8.03. The lowest BCUT2D eigenvalue weighted by molar-refractivity contribution is -0.181. The van der Waals surface area contributed by atoms with Gasteiger partial charge in [0.1, 0.15) is 6.23 Å². The van der Waals surface area contributed by atoms with Gasteiger partial charge in [-0.15, -0.1) is 0 Å². The van der Waals surface area contributed by atoms with Crippen LogP contribution < -0.4 is 5.32 Å². The summed E-state index contributed by atoms with van der Waals surface area (Å²) in [6.07, 6.45) is 20.0. The van der Waals surface area contributed by atoms with Crippen molar-refractivity contribution in [3.8, 4) is 0 Å². The topological polar surface area (TPSA) is 41.5 Å². The SMILES string of the molecule is C=C/C=C\CCO[C@@H]1CC[C@H](CC23CCCC(C(O)NCC)(C2)C3)C(CC)C1. The third-order valence-corrected chi connectivity index (χ3v) is 8.03. The van der Waals surface area contributed by atoms with Gasteiger partial charge in [-0.25, -0.2) is 0 Å². The second-order valence-corrected chi connectivity index (χ2v) is 9.92. The fraction of sp³-hybridized carbons (Fsp3) is 0.840. The van der Waals surface area contributed by atoms with Crippen LogP contribution in [-0.2, 0) is 4.74 Å². The lowest BCUT2D eigenvalue weighted by atomic mass is 9.42. The van der Waals surface area contributed by atoms with Gasteiger partial charge in [0.15, 0.2) is 0 Å². The summed E-state index contributed by atoms with van der Waals surface area (Å²) < 4.78 is 6.18. The van der Waals surface area contributed by atoms with Crippen LogP contribution in [0.4, 0.5) is 0 Å². The minimum absolute atomic E-state index is 0.176. The molecule has 3 nitrogen and oxygen atoms in total. The van der Waals surface area contributed by atoms with Crippen molar-refractivity contribution in [1.82, 2.24) is 5.32 Å². The van der Waals surface area contributed by atoms with E-state index in [1.165, 1.54) is 64.2 Å². The van der Waals surface area contributed by atoms with Crippen LogP contribution >= 0.6 is 0 Å². The Morgan fingerprint density at radius 3 is 2.75 bits per heavy atom. The molecule has 0 aliphatic heterocycles. The molecule has 4 rings (SSSR count). The average Bonchev–Trinajstić information content (AvgIpc) is 2.68. The molecule has 0 aromatic rings. The van der Waals surface area contributed by atoms with Crippen LogP contribution in [0.2, 0.25) is 0 Å². The Morgan fingerprint density at radius 2 is 2.04 bits per heavy atom. The summed E-state index contributed by atoms with van der Waals surface area (Å²) in [4.78, 5) is 0. The standard InChI is InChI=1S/C25H43NO2/c1-4-7-8-9-15-28-22-12-11-21(20(5-2)16-22)17-24-13-10-14-25(18-24,19-24)23(27)26-6-3/h4,7-8,20-23,26-27H,1,5-6,9-19H2,2-3H3/b8-7-/t20?,21-,22-,23?,24?,25?/m1/s1. The van der Waals surface area contributed by atoms with E-state index in [-0.39, 0.29) is 11.6 Å². The molecule has 0 heterocycles. The van der Waals surface area contributed by atoms with Gasteiger partial charge in [0.05, 0.1) is 12.7 Å². The van der Waals surface area contributed by atoms with Crippen LogP contribution in [0.5, 0.6) is 0 Å². The van der Waals surface area contributed by atoms with E-state index in [0.717, 1.165) is 31.4 Å². The molecule has 2 unspecified atom stereocenters. The molecule has 3 heteroatoms. The number of aliphatic hydroxyl groups is 1. The largest absolute Gasteiger partial charge is 0.378 e. The first-order chi connectivity index (χ1) is 13.6. The normalized spacial score (nSPS) is 38.9. The monoisotopic (exact) mass is 389 g/mol. The van der Waals surface area contributed by atoms with Crippen molar-refractivity contribution < 1.29 is 9.84 Å². The number of rotatable bonds is 11. The second-order valence-electron chi connectivity index (χ2n) is 9.92. The zero-order chi connectivity index (χ0) is 20.0. The highest BCUT2D eigenvalue weighted by Gasteiger charge is 2.60. The molecular weight excluding hydrogens is 346 g/mol. The number of nitrogens with one attached hydrogen (secondary N) is 1. The summed E-state index contributed by atoms with van der Waals surface area (Å²) in [5.74, 6) is 1.67. The summed E-state index contributed by atoms with van der Waals surface area (Å²) in [7, 11) is 0. The van der Waals surface area contributed by atoms with Gasteiger partial charge in [0.2, 0.25) is 0 Å². The van der Waals surface area contributed by atoms with Gasteiger partial charge >= 0.3 is 0 Å². The molecule has 0 radical (unpaired) electrons. The Labute approximate surface area is 173 Å². The maximum absolute atomic E-state index is 10.6. The van der Waals surface area contributed by atoms with Crippen molar-refractivity contribution in [3.63, 3.8) is 0 Å². The highest BCUT2D eigenvalue weighted by molar-refractivity contribution is 5.10. The van der Waals surface area contributed by atoms with Crippen LogP contribution in [0.1, 0.15) is 84.5 Å². The van der Waals surface area contributed by atoms with Gasteiger partial charge in [-0.1, -0.05) is 51.5 Å². The molecule has 28 heavy (non-hydrogen) atoms. The molecule has 0 aromatic heterocycles. The van der Waals surface area contributed by atoms with Crippen molar-refractivity contribution in [2.75, 3.05) is 13.2 Å². The molecule has 4 fully saturated rings. The maximum atomic E-state index is 10.6. The molecule has 4 aliphatic carbocycles. The minimum atomic E-state index is -0.299. The fourth-order valence-electron chi connectivity index (χ4n) is 6.85. The van der Waals surface area contributed by atoms with E-state index in [1.54, 1.807) is 0 Å². The lowest BCUT2D eigenvalue weighted by Crippen LogP contribution is -2.60. The number of ether oxygens (including phenoxy) is 1. The Morgan fingerprint density at radius 1 is 1.21 bits per heavy atom. The molecule has 4 atom stereocenters. The smallest absolute Gasteiger partial charge is 0.110 e. The summed E-state index contributed by atoms with van der Waals surface area (Å²) >= 11 is 0. The van der Waals surface area contributed by atoms with E-state index >= 15 is 0 Å². The van der Waals surface area contributed by atoms with E-state index in [2.05, 4.69) is 31.8 Å². The molecule has 0 saturated heterocycles. The maximum Gasteiger partial charge on any atom is 0.110 e. The summed E-state index contributed by atoms with van der Waals surface area (Å²) in [5.41, 5.74) is 0.700. The van der Waals surface area contributed by atoms with Gasteiger partial charge < -0.3 is 9.84 Å². The number of allylic oxidation sites excluding steroid dienone is 2. The highest BCUT2D eigenvalue weighted by atomic mass is 16.5. The number of aliphatic hydroxyl groups excluding tert-OH is 1. The molecule has 0 aromatic carbocycles. The molecule has 160 valence electrons. The van der Waals surface area contributed by atoms with E-state index < -0.39 is 0 Å². The number of fused-ring (bicyclic) bond motifs is 2. The zero-order valence-electron chi connectivity index (χ0n) is 18.3. The Balaban J connectivity index is 1.49. The molecule has 2 N–H and O–H groups in total. The van der Waals surface area contributed by atoms with E-state index in [1.807, 2.05) is 12.2 Å². The first-order valence-electron chi connectivity index (χ1n) is 11.9. The Bertz CT molecular complexity index is 523. The highest BCUT2D eigenvalue weighted by Crippen LogP contribution is 2.67. The van der Waals surface area contributed by atoms with Crippen molar-refractivity contribution in [1.29, 1.82) is 0 Å². The molecule has 2 bridgehead atoms. The van der Waals surface area contributed by atoms with E-state index in [4.69, 9.17) is 4.74 Å². The van der Waals surface area contributed by atoms with E-state index in [9.17, 15) is 5.11 Å². The molecule has 0 amide bonds. The minimum Gasteiger partial charge on any atom is -0.378 e. The summed E-state index contributed by atoms with van der Waals surface area (Å²) in [6, 6.07) is 0. The van der Waals surface area contributed by atoms with Crippen molar-refractivity contribution in [2.45, 2.75) is 96.8 Å². The quantitative estimate of drug-likeness (QED) is 0.275. The molecular formula is C25H43NO2. The lowest BCUT2D eigenvalue weighted by Gasteiger charge is -2.64. The first kappa shape index (κ1) is 22.1. The van der Waals surface area contributed by atoms with Gasteiger partial charge in [-0.3, -0.25) is 5.32 Å². The van der Waals surface area contributed by atoms with Gasteiger partial charge in [-0.05, 0) is 81.6 Å². The third kappa shape index (κ3) is 4.91. The fourth-order valence-corrected chi connectivity index (χ4v) is 6.85. The van der Waals surface area contributed by atoms with Gasteiger partial charge in [-0.2, -0.15) is 0 Å². The molecule has 4 saturated carbocycles. The van der Waals surface area contributed by atoms with Gasteiger partial charge in [0.25, 0.3) is 0 Å². The molecule has 0 spiro atoms. The van der Waals surface area contributed by atoms with E-state index in [0.29, 0.717) is 11.5 Å². The average molecular weight is 390 g/mol. The Kier molecular flexibility index (Phi) is 7.81. The number of hydrogen-bond acceptors (Lipinski definition) is 3. The van der Waals surface area contributed by atoms with Crippen molar-refractivity contribution >= 4 is 0 Å². The predicted molar refractivity (Wildman–Crippen MR) is 117 cm³/mol. The van der Waals surface area contributed by atoms with Crippen LogP contribution in [0.15, 0.2) is 24.8 Å². The molecule has 4 aliphatic rings. The summed E-state index contributed by atoms with van der Waals surface area (Å²) in [6.45, 7) is 9.87. The van der Waals surface area contributed by atoms with Crippen molar-refractivity contribution in [3.05, 3.63) is 24.8 Å². The van der Waals surface area contributed by atoms with Crippen LogP contribution in [0.25, 0.3) is 0 Å². The zero-order valence-corrected chi connectivity index (χ0v) is 18.3. The van der Waals surface area contributed by atoms with Crippen LogP contribution in [0, 0.1) is 22.7 Å². The van der Waals surface area contributed by atoms with Crippen LogP contribution in [0.3, 0.4) is 0 Å². The van der Waals surface area contributed by atoms with Crippen LogP contribution in [-0.4, -0.2) is 30.6 Å². The predicted octanol–water partition coefficient (Wildman–Crippen LogP) is 5.60. The van der Waals surface area contributed by atoms with Crippen molar-refractivity contribution in [2.24, 2.45) is 22.7 Å². The summed E-state index contributed by atoms with van der Waals surface area (Å²) in [5, 5.41) is 13.9. The second kappa shape index (κ2) is 9.91. The first-order valence-corrected chi connectivity index (χ1v) is 11.9. The Hall–Kier alpha value is -0.640. The number of hydrogen-bond donors (Lipinski definition) is 2.